The molecule has 0 aromatic rings. The van der Waals surface area contributed by atoms with E-state index in [0.29, 0.717) is 5.92 Å². The lowest BCUT2D eigenvalue weighted by Gasteiger charge is -2.38. The lowest BCUT2D eigenvalue weighted by atomic mass is 9.95. The van der Waals surface area contributed by atoms with Gasteiger partial charge in [-0.15, -0.1) is 0 Å². The van der Waals surface area contributed by atoms with Crippen molar-refractivity contribution in [2.45, 2.75) is 32.2 Å². The molecule has 17 heavy (non-hydrogen) atoms. The Kier molecular flexibility index (Phi) is 4.95. The van der Waals surface area contributed by atoms with Crippen molar-refractivity contribution in [1.29, 1.82) is 0 Å². The van der Waals surface area contributed by atoms with Gasteiger partial charge in [0.25, 0.3) is 0 Å². The summed E-state index contributed by atoms with van der Waals surface area (Å²) in [7, 11) is 5.62. The van der Waals surface area contributed by atoms with Gasteiger partial charge in [0, 0.05) is 13.1 Å². The largest absolute Gasteiger partial charge is 0.468 e. The van der Waals surface area contributed by atoms with Crippen LogP contribution in [0.3, 0.4) is 0 Å². The minimum absolute atomic E-state index is 0.163. The summed E-state index contributed by atoms with van der Waals surface area (Å²) in [5, 5.41) is 0. The van der Waals surface area contributed by atoms with Crippen LogP contribution >= 0.6 is 0 Å². The molecule has 1 rings (SSSR count). The van der Waals surface area contributed by atoms with E-state index in [1.165, 1.54) is 26.5 Å². The fraction of sp³-hybridized carbons (Fsp3) is 0.923. The topological polar surface area (TPSA) is 32.8 Å². The Bertz CT molecular complexity index is 266. The molecule has 0 amide bonds. The fourth-order valence-corrected chi connectivity index (χ4v) is 2.44. The molecule has 1 aliphatic heterocycles. The van der Waals surface area contributed by atoms with E-state index < -0.39 is 5.54 Å². The summed E-state index contributed by atoms with van der Waals surface area (Å²) in [6.45, 7) is 7.12. The molecule has 0 aromatic carbocycles. The highest BCUT2D eigenvalue weighted by Crippen LogP contribution is 2.21. The van der Waals surface area contributed by atoms with Crippen molar-refractivity contribution in [1.82, 2.24) is 9.80 Å². The summed E-state index contributed by atoms with van der Waals surface area (Å²) in [5.41, 5.74) is -0.537. The third-order valence-electron chi connectivity index (χ3n) is 3.89. The normalized spacial score (nSPS) is 22.8. The SMILES string of the molecule is COC(=O)C(C)(C)N(C)CC1CCCN(C)C1. The Morgan fingerprint density at radius 1 is 1.53 bits per heavy atom. The Balaban J connectivity index is 2.52. The van der Waals surface area contributed by atoms with Gasteiger partial charge in [0.15, 0.2) is 0 Å². The molecule has 0 bridgehead atoms. The van der Waals surface area contributed by atoms with Crippen molar-refractivity contribution >= 4 is 5.97 Å². The molecular weight excluding hydrogens is 216 g/mol. The predicted octanol–water partition coefficient (Wildman–Crippen LogP) is 1.21. The summed E-state index contributed by atoms with van der Waals surface area (Å²) in [6.07, 6.45) is 2.51. The number of nitrogens with zero attached hydrogens (tertiary/aromatic N) is 2. The van der Waals surface area contributed by atoms with Crippen molar-refractivity contribution < 1.29 is 9.53 Å². The fourth-order valence-electron chi connectivity index (χ4n) is 2.44. The Morgan fingerprint density at radius 3 is 2.71 bits per heavy atom. The number of likely N-dealkylation sites (N-methyl/N-ethyl adjacent to an activating group) is 1. The van der Waals surface area contributed by atoms with Crippen LogP contribution in [-0.4, -0.2) is 62.1 Å². The molecule has 0 aliphatic carbocycles. The maximum absolute atomic E-state index is 11.7. The number of methoxy groups -OCH3 is 1. The van der Waals surface area contributed by atoms with Crippen LogP contribution in [-0.2, 0) is 9.53 Å². The summed E-state index contributed by atoms with van der Waals surface area (Å²) >= 11 is 0. The van der Waals surface area contributed by atoms with E-state index in [4.69, 9.17) is 4.74 Å². The lowest BCUT2D eigenvalue weighted by molar-refractivity contribution is -0.152. The van der Waals surface area contributed by atoms with E-state index in [1.54, 1.807) is 0 Å². The number of carbonyl (C=O) groups excluding carboxylic acids is 1. The number of hydrogen-bond acceptors (Lipinski definition) is 4. The van der Waals surface area contributed by atoms with Crippen LogP contribution in [0.15, 0.2) is 0 Å². The van der Waals surface area contributed by atoms with E-state index in [0.717, 1.165) is 13.1 Å². The van der Waals surface area contributed by atoms with Crippen molar-refractivity contribution in [3.05, 3.63) is 0 Å². The summed E-state index contributed by atoms with van der Waals surface area (Å²) in [6, 6.07) is 0. The second kappa shape index (κ2) is 5.83. The van der Waals surface area contributed by atoms with E-state index in [9.17, 15) is 4.79 Å². The Morgan fingerprint density at radius 2 is 2.18 bits per heavy atom. The summed E-state index contributed by atoms with van der Waals surface area (Å²) in [5.74, 6) is 0.492. The minimum Gasteiger partial charge on any atom is -0.468 e. The first-order valence-corrected chi connectivity index (χ1v) is 6.36. The molecule has 1 aliphatic rings. The monoisotopic (exact) mass is 242 g/mol. The molecular formula is C13H26N2O2. The number of esters is 1. The highest BCUT2D eigenvalue weighted by Gasteiger charge is 2.34. The van der Waals surface area contributed by atoms with Gasteiger partial charge >= 0.3 is 5.97 Å². The van der Waals surface area contributed by atoms with Gasteiger partial charge in [0.1, 0.15) is 5.54 Å². The van der Waals surface area contributed by atoms with Crippen LogP contribution in [0.25, 0.3) is 0 Å². The van der Waals surface area contributed by atoms with E-state index in [2.05, 4.69) is 16.8 Å². The minimum atomic E-state index is -0.537. The molecule has 0 spiro atoms. The van der Waals surface area contributed by atoms with Crippen molar-refractivity contribution in [2.75, 3.05) is 40.8 Å². The van der Waals surface area contributed by atoms with Gasteiger partial charge in [-0.1, -0.05) is 0 Å². The van der Waals surface area contributed by atoms with Gasteiger partial charge in [-0.2, -0.15) is 0 Å². The first kappa shape index (κ1) is 14.5. The molecule has 0 N–H and O–H groups in total. The highest BCUT2D eigenvalue weighted by atomic mass is 16.5. The first-order valence-electron chi connectivity index (χ1n) is 6.36. The quantitative estimate of drug-likeness (QED) is 0.694. The first-order chi connectivity index (χ1) is 7.87. The van der Waals surface area contributed by atoms with Gasteiger partial charge in [-0.05, 0) is 53.2 Å². The molecule has 1 saturated heterocycles. The molecule has 1 heterocycles. The molecule has 1 unspecified atom stereocenters. The third-order valence-corrected chi connectivity index (χ3v) is 3.89. The van der Waals surface area contributed by atoms with Gasteiger partial charge in [-0.25, -0.2) is 0 Å². The number of rotatable bonds is 4. The molecule has 0 aromatic heterocycles. The number of piperidine rings is 1. The Labute approximate surface area is 105 Å². The maximum atomic E-state index is 11.7. The van der Waals surface area contributed by atoms with E-state index >= 15 is 0 Å². The van der Waals surface area contributed by atoms with Crippen LogP contribution in [0, 0.1) is 5.92 Å². The summed E-state index contributed by atoms with van der Waals surface area (Å²) < 4.78 is 4.86. The zero-order valence-corrected chi connectivity index (χ0v) is 11.8. The summed E-state index contributed by atoms with van der Waals surface area (Å²) in [4.78, 5) is 16.2. The number of carbonyl (C=O) groups is 1. The zero-order valence-electron chi connectivity index (χ0n) is 11.8. The van der Waals surface area contributed by atoms with Crippen LogP contribution in [0.1, 0.15) is 26.7 Å². The van der Waals surface area contributed by atoms with Crippen molar-refractivity contribution in [3.63, 3.8) is 0 Å². The number of hydrogen-bond donors (Lipinski definition) is 0. The average Bonchev–Trinajstić information content (AvgIpc) is 2.27. The van der Waals surface area contributed by atoms with Crippen molar-refractivity contribution in [3.8, 4) is 0 Å². The zero-order chi connectivity index (χ0) is 13.1. The van der Waals surface area contributed by atoms with Gasteiger partial charge in [-0.3, -0.25) is 9.69 Å². The molecule has 0 radical (unpaired) electrons. The van der Waals surface area contributed by atoms with E-state index in [1.807, 2.05) is 20.9 Å². The maximum Gasteiger partial charge on any atom is 0.325 e. The van der Waals surface area contributed by atoms with Gasteiger partial charge in [0.2, 0.25) is 0 Å². The Hall–Kier alpha value is -0.610. The second-order valence-electron chi connectivity index (χ2n) is 5.70. The molecule has 0 saturated carbocycles. The van der Waals surface area contributed by atoms with Crippen LogP contribution < -0.4 is 0 Å². The second-order valence-corrected chi connectivity index (χ2v) is 5.70. The highest BCUT2D eigenvalue weighted by molar-refractivity contribution is 5.79. The van der Waals surface area contributed by atoms with Crippen LogP contribution in [0.2, 0.25) is 0 Å². The molecule has 4 heteroatoms. The average molecular weight is 242 g/mol. The van der Waals surface area contributed by atoms with Gasteiger partial charge in [0.05, 0.1) is 7.11 Å². The molecule has 1 atom stereocenters. The van der Waals surface area contributed by atoms with Crippen molar-refractivity contribution in [2.24, 2.45) is 5.92 Å². The molecule has 100 valence electrons. The van der Waals surface area contributed by atoms with Crippen LogP contribution in [0.5, 0.6) is 0 Å². The number of likely N-dealkylation sites (tertiary alicyclic amines) is 1. The van der Waals surface area contributed by atoms with Crippen LogP contribution in [0.4, 0.5) is 0 Å². The predicted molar refractivity (Wildman–Crippen MR) is 68.9 cm³/mol. The molecule has 4 nitrogen and oxygen atoms in total. The van der Waals surface area contributed by atoms with Gasteiger partial charge < -0.3 is 9.64 Å². The number of ether oxygens (including phenoxy) is 1. The standard InChI is InChI=1S/C13H26N2O2/c1-13(2,12(16)17-5)15(4)10-11-7-6-8-14(3)9-11/h11H,6-10H2,1-5H3. The molecule has 1 fully saturated rings. The third kappa shape index (κ3) is 3.68. The van der Waals surface area contributed by atoms with E-state index in [-0.39, 0.29) is 5.97 Å². The lowest BCUT2D eigenvalue weighted by Crippen LogP contribution is -2.51. The smallest absolute Gasteiger partial charge is 0.325 e.